The molecule has 3 nitrogen and oxygen atoms in total. The average Bonchev–Trinajstić information content (AvgIpc) is 2.65. The van der Waals surface area contributed by atoms with Crippen molar-refractivity contribution in [3.63, 3.8) is 0 Å². The SMILES string of the molecule is Cc1cn(C(=O)c2ccc(Cl)cc2)cn1. The molecular formula is C11H9ClN2O. The number of carbonyl (C=O) groups excluding carboxylic acids is 1. The summed E-state index contributed by atoms with van der Waals surface area (Å²) in [6.07, 6.45) is 3.20. The van der Waals surface area contributed by atoms with E-state index in [1.54, 1.807) is 30.5 Å². The lowest BCUT2D eigenvalue weighted by atomic mass is 10.2. The summed E-state index contributed by atoms with van der Waals surface area (Å²) in [6, 6.07) is 6.77. The summed E-state index contributed by atoms with van der Waals surface area (Å²) in [5.74, 6) is -0.104. The van der Waals surface area contributed by atoms with Gasteiger partial charge in [-0.2, -0.15) is 0 Å². The molecule has 0 N–H and O–H groups in total. The van der Waals surface area contributed by atoms with Gasteiger partial charge in [-0.25, -0.2) is 4.98 Å². The van der Waals surface area contributed by atoms with Gasteiger partial charge in [0.2, 0.25) is 0 Å². The summed E-state index contributed by atoms with van der Waals surface area (Å²) in [4.78, 5) is 15.8. The molecule has 4 heteroatoms. The van der Waals surface area contributed by atoms with Gasteiger partial charge in [-0.1, -0.05) is 11.6 Å². The zero-order valence-electron chi connectivity index (χ0n) is 8.14. The van der Waals surface area contributed by atoms with Crippen molar-refractivity contribution in [1.29, 1.82) is 0 Å². The maximum atomic E-state index is 11.9. The fraction of sp³-hybridized carbons (Fsp3) is 0.0909. The van der Waals surface area contributed by atoms with Crippen LogP contribution in [0.3, 0.4) is 0 Å². The second-order valence-corrected chi connectivity index (χ2v) is 3.67. The number of imidazole rings is 1. The van der Waals surface area contributed by atoms with Crippen molar-refractivity contribution in [3.8, 4) is 0 Å². The second kappa shape index (κ2) is 3.87. The highest BCUT2D eigenvalue weighted by atomic mass is 35.5. The molecule has 0 aliphatic heterocycles. The molecule has 15 heavy (non-hydrogen) atoms. The third-order valence-corrected chi connectivity index (χ3v) is 2.29. The van der Waals surface area contributed by atoms with E-state index in [1.165, 1.54) is 10.9 Å². The topological polar surface area (TPSA) is 34.9 Å². The van der Waals surface area contributed by atoms with Crippen molar-refractivity contribution in [1.82, 2.24) is 9.55 Å². The molecule has 0 aliphatic rings. The number of benzene rings is 1. The highest BCUT2D eigenvalue weighted by Gasteiger charge is 2.07. The Bertz CT molecular complexity index is 488. The summed E-state index contributed by atoms with van der Waals surface area (Å²) >= 11 is 5.74. The Balaban J connectivity index is 2.32. The van der Waals surface area contributed by atoms with Gasteiger partial charge in [0.15, 0.2) is 0 Å². The molecule has 0 radical (unpaired) electrons. The van der Waals surface area contributed by atoms with Gasteiger partial charge in [0.05, 0.1) is 5.69 Å². The predicted molar refractivity (Wildman–Crippen MR) is 58.1 cm³/mol. The van der Waals surface area contributed by atoms with Crippen molar-refractivity contribution >= 4 is 17.5 Å². The van der Waals surface area contributed by atoms with Crippen molar-refractivity contribution in [2.45, 2.75) is 6.92 Å². The molecule has 1 aromatic carbocycles. The van der Waals surface area contributed by atoms with Crippen LogP contribution in [-0.2, 0) is 0 Å². The minimum Gasteiger partial charge on any atom is -0.272 e. The smallest absolute Gasteiger partial charge is 0.263 e. The first kappa shape index (κ1) is 9.93. The van der Waals surface area contributed by atoms with Gasteiger partial charge in [-0.05, 0) is 31.2 Å². The van der Waals surface area contributed by atoms with Crippen molar-refractivity contribution in [2.24, 2.45) is 0 Å². The summed E-state index contributed by atoms with van der Waals surface area (Å²) in [5, 5.41) is 0.619. The largest absolute Gasteiger partial charge is 0.272 e. The first-order valence-corrected chi connectivity index (χ1v) is 4.85. The van der Waals surface area contributed by atoms with E-state index < -0.39 is 0 Å². The molecular weight excluding hydrogens is 212 g/mol. The standard InChI is InChI=1S/C11H9ClN2O/c1-8-6-14(7-13-8)11(15)9-2-4-10(12)5-3-9/h2-7H,1H3. The molecule has 0 saturated heterocycles. The van der Waals surface area contributed by atoms with Crippen LogP contribution in [-0.4, -0.2) is 15.5 Å². The summed E-state index contributed by atoms with van der Waals surface area (Å²) in [5.41, 5.74) is 1.41. The van der Waals surface area contributed by atoms with Crippen LogP contribution in [0.4, 0.5) is 0 Å². The number of halogens is 1. The van der Waals surface area contributed by atoms with E-state index in [9.17, 15) is 4.79 Å². The van der Waals surface area contributed by atoms with Crippen molar-refractivity contribution in [3.05, 3.63) is 53.1 Å². The minimum atomic E-state index is -0.104. The average molecular weight is 221 g/mol. The van der Waals surface area contributed by atoms with Crippen LogP contribution in [0.15, 0.2) is 36.8 Å². The van der Waals surface area contributed by atoms with Gasteiger partial charge >= 0.3 is 0 Å². The fourth-order valence-corrected chi connectivity index (χ4v) is 1.40. The Kier molecular flexibility index (Phi) is 2.56. The third kappa shape index (κ3) is 2.07. The van der Waals surface area contributed by atoms with Gasteiger partial charge in [0.25, 0.3) is 5.91 Å². The van der Waals surface area contributed by atoms with E-state index in [-0.39, 0.29) is 5.91 Å². The second-order valence-electron chi connectivity index (χ2n) is 3.23. The lowest BCUT2D eigenvalue weighted by Gasteiger charge is -2.00. The lowest BCUT2D eigenvalue weighted by Crippen LogP contribution is -2.09. The molecule has 0 amide bonds. The fourth-order valence-electron chi connectivity index (χ4n) is 1.27. The van der Waals surface area contributed by atoms with Crippen LogP contribution in [0.25, 0.3) is 0 Å². The molecule has 0 bridgehead atoms. The lowest BCUT2D eigenvalue weighted by molar-refractivity contribution is 0.0959. The van der Waals surface area contributed by atoms with E-state index in [0.29, 0.717) is 10.6 Å². The van der Waals surface area contributed by atoms with E-state index >= 15 is 0 Å². The van der Waals surface area contributed by atoms with E-state index in [4.69, 9.17) is 11.6 Å². The van der Waals surface area contributed by atoms with E-state index in [1.807, 2.05) is 6.92 Å². The van der Waals surface area contributed by atoms with E-state index in [2.05, 4.69) is 4.98 Å². The summed E-state index contributed by atoms with van der Waals surface area (Å²) in [6.45, 7) is 1.84. The highest BCUT2D eigenvalue weighted by Crippen LogP contribution is 2.10. The first-order valence-electron chi connectivity index (χ1n) is 4.47. The Hall–Kier alpha value is -1.61. The zero-order valence-corrected chi connectivity index (χ0v) is 8.90. The highest BCUT2D eigenvalue weighted by molar-refractivity contribution is 6.30. The van der Waals surface area contributed by atoms with E-state index in [0.717, 1.165) is 5.69 Å². The normalized spacial score (nSPS) is 10.3. The minimum absolute atomic E-state index is 0.104. The van der Waals surface area contributed by atoms with Crippen LogP contribution in [0.2, 0.25) is 5.02 Å². The molecule has 0 aliphatic carbocycles. The van der Waals surface area contributed by atoms with Gasteiger partial charge < -0.3 is 0 Å². The Morgan fingerprint density at radius 3 is 2.53 bits per heavy atom. The first-order chi connectivity index (χ1) is 7.16. The summed E-state index contributed by atoms with van der Waals surface area (Å²) in [7, 11) is 0. The predicted octanol–water partition coefficient (Wildman–Crippen LogP) is 2.53. The number of nitrogens with zero attached hydrogens (tertiary/aromatic N) is 2. The van der Waals surface area contributed by atoms with Crippen molar-refractivity contribution in [2.75, 3.05) is 0 Å². The Morgan fingerprint density at radius 1 is 1.33 bits per heavy atom. The Labute approximate surface area is 92.3 Å². The molecule has 0 saturated carbocycles. The molecule has 1 heterocycles. The number of hydrogen-bond donors (Lipinski definition) is 0. The zero-order chi connectivity index (χ0) is 10.8. The molecule has 76 valence electrons. The van der Waals surface area contributed by atoms with Crippen LogP contribution in [0.5, 0.6) is 0 Å². The molecule has 0 unspecified atom stereocenters. The van der Waals surface area contributed by atoms with Gasteiger partial charge in [0, 0.05) is 16.8 Å². The number of aryl methyl sites for hydroxylation is 1. The van der Waals surface area contributed by atoms with Crippen LogP contribution < -0.4 is 0 Å². The molecule has 0 spiro atoms. The third-order valence-electron chi connectivity index (χ3n) is 2.04. The van der Waals surface area contributed by atoms with Crippen LogP contribution in [0, 0.1) is 6.92 Å². The Morgan fingerprint density at radius 2 is 2.00 bits per heavy atom. The van der Waals surface area contributed by atoms with Crippen LogP contribution in [0.1, 0.15) is 16.1 Å². The van der Waals surface area contributed by atoms with Crippen molar-refractivity contribution < 1.29 is 4.79 Å². The van der Waals surface area contributed by atoms with Crippen LogP contribution >= 0.6 is 11.6 Å². The maximum Gasteiger partial charge on any atom is 0.263 e. The molecule has 2 aromatic rings. The van der Waals surface area contributed by atoms with Gasteiger partial charge in [-0.3, -0.25) is 9.36 Å². The number of rotatable bonds is 1. The number of hydrogen-bond acceptors (Lipinski definition) is 2. The van der Waals surface area contributed by atoms with Gasteiger partial charge in [0.1, 0.15) is 6.33 Å². The maximum absolute atomic E-state index is 11.9. The monoisotopic (exact) mass is 220 g/mol. The summed E-state index contributed by atoms with van der Waals surface area (Å²) < 4.78 is 1.46. The van der Waals surface area contributed by atoms with Gasteiger partial charge in [-0.15, -0.1) is 0 Å². The molecule has 0 atom stereocenters. The number of aromatic nitrogens is 2. The number of carbonyl (C=O) groups is 1. The molecule has 2 rings (SSSR count). The quantitative estimate of drug-likeness (QED) is 0.740. The molecule has 0 fully saturated rings. The molecule has 1 aromatic heterocycles.